The average molecular weight is 242 g/mol. The molecule has 0 aliphatic rings. The highest BCUT2D eigenvalue weighted by atomic mass is 28.4. The Hall–Kier alpha value is -0.823. The maximum Gasteiger partial charge on any atom is 0.558 e. The second-order valence-corrected chi connectivity index (χ2v) is 5.44. The summed E-state index contributed by atoms with van der Waals surface area (Å²) in [6, 6.07) is 0. The number of nitrogens with zero attached hydrogens (tertiary/aromatic N) is 2. The van der Waals surface area contributed by atoms with Gasteiger partial charge in [0.25, 0.3) is 0 Å². The lowest BCUT2D eigenvalue weighted by Gasteiger charge is -2.27. The molecule has 0 aliphatic carbocycles. The van der Waals surface area contributed by atoms with Gasteiger partial charge < -0.3 is 13.3 Å². The molecule has 6 heteroatoms. The fourth-order valence-corrected chi connectivity index (χ4v) is 3.67. The lowest BCUT2D eigenvalue weighted by Crippen LogP contribution is -2.58. The van der Waals surface area contributed by atoms with Gasteiger partial charge in [-0.2, -0.15) is 0 Å². The maximum absolute atomic E-state index is 5.69. The smallest absolute Gasteiger partial charge is 0.369 e. The lowest BCUT2D eigenvalue weighted by molar-refractivity contribution is 0.0849. The minimum Gasteiger partial charge on any atom is -0.369 e. The topological polar surface area (TPSA) is 53.5 Å². The van der Waals surface area contributed by atoms with Gasteiger partial charge in [-0.05, 0) is 20.8 Å². The van der Waals surface area contributed by atoms with Gasteiger partial charge in [-0.3, -0.25) is 9.97 Å². The molecule has 0 spiro atoms. The number of rotatable bonds is 7. The second kappa shape index (κ2) is 6.69. The predicted molar refractivity (Wildman–Crippen MR) is 62.3 cm³/mol. The summed E-state index contributed by atoms with van der Waals surface area (Å²) in [6.45, 7) is 7.33. The minimum absolute atomic E-state index is 0.531. The number of hydrogen-bond acceptors (Lipinski definition) is 5. The third-order valence-corrected chi connectivity index (χ3v) is 4.77. The zero-order chi connectivity index (χ0) is 11.9. The van der Waals surface area contributed by atoms with Gasteiger partial charge in [-0.1, -0.05) is 0 Å². The molecule has 0 radical (unpaired) electrons. The largest absolute Gasteiger partial charge is 0.558 e. The lowest BCUT2D eigenvalue weighted by atomic mass is 10.8. The molecule has 0 fully saturated rings. The van der Waals surface area contributed by atoms with Crippen LogP contribution in [0.15, 0.2) is 18.6 Å². The molecule has 1 aromatic rings. The Labute approximate surface area is 97.2 Å². The molecule has 1 rings (SSSR count). The maximum atomic E-state index is 5.69. The molecule has 0 atom stereocenters. The SMILES string of the molecule is CCO[Si](OCC)(OCC)c1cnccn1. The molecular formula is C10H18N2O3Si. The third-order valence-electron chi connectivity index (χ3n) is 1.88. The molecule has 0 aromatic carbocycles. The molecule has 0 aliphatic heterocycles. The normalized spacial score (nSPS) is 11.7. The summed E-state index contributed by atoms with van der Waals surface area (Å²) in [5.74, 6) is 0. The van der Waals surface area contributed by atoms with Crippen molar-refractivity contribution in [2.75, 3.05) is 19.8 Å². The van der Waals surface area contributed by atoms with Crippen LogP contribution in [-0.2, 0) is 13.3 Å². The zero-order valence-electron chi connectivity index (χ0n) is 9.97. The fraction of sp³-hybridized carbons (Fsp3) is 0.600. The Morgan fingerprint density at radius 3 is 1.94 bits per heavy atom. The Kier molecular flexibility index (Phi) is 5.54. The van der Waals surface area contributed by atoms with E-state index < -0.39 is 8.80 Å². The Morgan fingerprint density at radius 1 is 1.00 bits per heavy atom. The van der Waals surface area contributed by atoms with Crippen LogP contribution in [0, 0.1) is 0 Å². The number of hydrogen-bond donors (Lipinski definition) is 0. The zero-order valence-corrected chi connectivity index (χ0v) is 11.0. The first-order valence-electron chi connectivity index (χ1n) is 5.47. The van der Waals surface area contributed by atoms with E-state index >= 15 is 0 Å². The van der Waals surface area contributed by atoms with E-state index in [0.717, 1.165) is 0 Å². The Balaban J connectivity index is 2.99. The van der Waals surface area contributed by atoms with Crippen molar-refractivity contribution in [1.82, 2.24) is 9.97 Å². The Bertz CT molecular complexity index is 280. The molecule has 90 valence electrons. The van der Waals surface area contributed by atoms with Crippen LogP contribution in [0.2, 0.25) is 0 Å². The van der Waals surface area contributed by atoms with Crippen molar-refractivity contribution in [3.8, 4) is 0 Å². The molecule has 0 bridgehead atoms. The minimum atomic E-state index is -2.85. The summed E-state index contributed by atoms with van der Waals surface area (Å²) in [5, 5.41) is 0.667. The van der Waals surface area contributed by atoms with Crippen LogP contribution in [0.3, 0.4) is 0 Å². The van der Waals surface area contributed by atoms with Crippen LogP contribution in [0.25, 0.3) is 0 Å². The molecular weight excluding hydrogens is 224 g/mol. The van der Waals surface area contributed by atoms with E-state index in [2.05, 4.69) is 9.97 Å². The van der Waals surface area contributed by atoms with Crippen LogP contribution in [0.1, 0.15) is 20.8 Å². The van der Waals surface area contributed by atoms with Gasteiger partial charge in [0.1, 0.15) is 5.32 Å². The van der Waals surface area contributed by atoms with Crippen LogP contribution < -0.4 is 5.32 Å². The molecule has 0 unspecified atom stereocenters. The molecule has 5 nitrogen and oxygen atoms in total. The first-order valence-corrected chi connectivity index (χ1v) is 7.19. The fourth-order valence-electron chi connectivity index (χ4n) is 1.37. The van der Waals surface area contributed by atoms with Crippen LogP contribution in [0.4, 0.5) is 0 Å². The van der Waals surface area contributed by atoms with Gasteiger partial charge in [0.2, 0.25) is 0 Å². The van der Waals surface area contributed by atoms with Gasteiger partial charge >= 0.3 is 8.80 Å². The first kappa shape index (κ1) is 13.2. The third kappa shape index (κ3) is 3.08. The van der Waals surface area contributed by atoms with Crippen molar-refractivity contribution >= 4 is 14.1 Å². The second-order valence-electron chi connectivity index (χ2n) is 2.95. The van der Waals surface area contributed by atoms with Gasteiger partial charge in [-0.15, -0.1) is 0 Å². The summed E-state index contributed by atoms with van der Waals surface area (Å²) in [4.78, 5) is 8.26. The molecule has 1 heterocycles. The first-order chi connectivity index (χ1) is 7.79. The molecule has 0 saturated heterocycles. The summed E-state index contributed by atoms with van der Waals surface area (Å²) < 4.78 is 17.1. The number of aromatic nitrogens is 2. The highest BCUT2D eigenvalue weighted by Crippen LogP contribution is 2.08. The summed E-state index contributed by atoms with van der Waals surface area (Å²) >= 11 is 0. The molecule has 0 amide bonds. The van der Waals surface area contributed by atoms with Crippen molar-refractivity contribution in [2.24, 2.45) is 0 Å². The van der Waals surface area contributed by atoms with Crippen molar-refractivity contribution in [3.63, 3.8) is 0 Å². The monoisotopic (exact) mass is 242 g/mol. The van der Waals surface area contributed by atoms with Crippen molar-refractivity contribution < 1.29 is 13.3 Å². The molecule has 1 aromatic heterocycles. The summed E-state index contributed by atoms with van der Waals surface area (Å²) in [7, 11) is -2.85. The van der Waals surface area contributed by atoms with Gasteiger partial charge in [-0.25, -0.2) is 0 Å². The van der Waals surface area contributed by atoms with E-state index in [1.165, 1.54) is 0 Å². The van der Waals surface area contributed by atoms with Gasteiger partial charge in [0.15, 0.2) is 0 Å². The average Bonchev–Trinajstić information content (AvgIpc) is 2.31. The van der Waals surface area contributed by atoms with Crippen LogP contribution in [-0.4, -0.2) is 38.6 Å². The van der Waals surface area contributed by atoms with Crippen molar-refractivity contribution in [1.29, 1.82) is 0 Å². The van der Waals surface area contributed by atoms with Crippen molar-refractivity contribution in [3.05, 3.63) is 18.6 Å². The summed E-state index contributed by atoms with van der Waals surface area (Å²) in [5.41, 5.74) is 0. The van der Waals surface area contributed by atoms with E-state index in [1.807, 2.05) is 20.8 Å². The van der Waals surface area contributed by atoms with Crippen LogP contribution in [0.5, 0.6) is 0 Å². The van der Waals surface area contributed by atoms with E-state index in [-0.39, 0.29) is 0 Å². The molecule has 0 N–H and O–H groups in total. The standard InChI is InChI=1S/C10H18N2O3Si/c1-4-13-16(14-5-2,15-6-3)10-9-11-7-8-12-10/h7-9H,4-6H2,1-3H3. The van der Waals surface area contributed by atoms with E-state index in [1.54, 1.807) is 18.6 Å². The van der Waals surface area contributed by atoms with E-state index in [9.17, 15) is 0 Å². The van der Waals surface area contributed by atoms with E-state index in [0.29, 0.717) is 25.1 Å². The quantitative estimate of drug-likeness (QED) is 0.660. The summed E-state index contributed by atoms with van der Waals surface area (Å²) in [6.07, 6.45) is 4.88. The molecule has 0 saturated carbocycles. The van der Waals surface area contributed by atoms with Crippen LogP contribution >= 0.6 is 0 Å². The highest BCUT2D eigenvalue weighted by Gasteiger charge is 2.45. The predicted octanol–water partition coefficient (Wildman–Crippen LogP) is 0.732. The Morgan fingerprint density at radius 2 is 1.56 bits per heavy atom. The van der Waals surface area contributed by atoms with Gasteiger partial charge in [0, 0.05) is 32.2 Å². The highest BCUT2D eigenvalue weighted by molar-refractivity contribution is 6.74. The van der Waals surface area contributed by atoms with Crippen molar-refractivity contribution in [2.45, 2.75) is 20.8 Å². The van der Waals surface area contributed by atoms with Gasteiger partial charge in [0.05, 0.1) is 6.20 Å². The van der Waals surface area contributed by atoms with E-state index in [4.69, 9.17) is 13.3 Å². The molecule has 16 heavy (non-hydrogen) atoms.